The van der Waals surface area contributed by atoms with E-state index in [1.54, 1.807) is 0 Å². The molecule has 0 saturated heterocycles. The van der Waals surface area contributed by atoms with Crippen LogP contribution >= 0.6 is 22.9 Å². The maximum absolute atomic E-state index is 12.7. The lowest BCUT2D eigenvalue weighted by Crippen LogP contribution is -2.44. The number of carbonyl (C=O) groups excluding carboxylic acids is 1. The van der Waals surface area contributed by atoms with Crippen LogP contribution in [-0.2, 0) is 23.1 Å². The second-order valence-electron chi connectivity index (χ2n) is 9.14. The van der Waals surface area contributed by atoms with Gasteiger partial charge in [-0.05, 0) is 60.1 Å². The summed E-state index contributed by atoms with van der Waals surface area (Å²) in [5, 5.41) is 6.48. The van der Waals surface area contributed by atoms with E-state index in [0.717, 1.165) is 42.7 Å². The third-order valence-corrected chi connectivity index (χ3v) is 7.31. The van der Waals surface area contributed by atoms with Crippen LogP contribution in [0.25, 0.3) is 6.08 Å². The van der Waals surface area contributed by atoms with Crippen LogP contribution in [0.4, 0.5) is 0 Å². The van der Waals surface area contributed by atoms with E-state index in [4.69, 9.17) is 0 Å². The average Bonchev–Trinajstić information content (AvgIpc) is 3.40. The zero-order valence-electron chi connectivity index (χ0n) is 18.4. The summed E-state index contributed by atoms with van der Waals surface area (Å²) in [6.07, 6.45) is 12.7. The van der Waals surface area contributed by atoms with Crippen molar-refractivity contribution in [3.05, 3.63) is 88.6 Å². The smallest absolute Gasteiger partial charge is 0.223 e. The van der Waals surface area contributed by atoms with Crippen molar-refractivity contribution >= 4 is 47.0 Å². The zero-order valence-corrected chi connectivity index (χ0v) is 20.6. The molecule has 2 aromatic rings. The van der Waals surface area contributed by atoms with Crippen molar-refractivity contribution in [1.29, 1.82) is 0 Å². The molecule has 5 nitrogen and oxygen atoms in total. The highest BCUT2D eigenvalue weighted by Gasteiger charge is 2.39. The van der Waals surface area contributed by atoms with E-state index in [-0.39, 0.29) is 17.2 Å². The molecule has 2 aromatic carbocycles. The SMILES string of the molecule is O=C(NCC1(c2cccc(/C=C3\C=CNC3=NC=NI)c2)Cc2ccccc2C1)C1CCC1. The number of hydrogen-bond donors (Lipinski definition) is 2. The van der Waals surface area contributed by atoms with Crippen LogP contribution in [0, 0.1) is 5.92 Å². The first-order chi connectivity index (χ1) is 16.2. The molecule has 2 aliphatic carbocycles. The Morgan fingerprint density at radius 3 is 2.64 bits per heavy atom. The molecule has 5 rings (SSSR count). The normalized spacial score (nSPS) is 21.4. The fourth-order valence-corrected chi connectivity index (χ4v) is 5.14. The predicted molar refractivity (Wildman–Crippen MR) is 143 cm³/mol. The van der Waals surface area contributed by atoms with Gasteiger partial charge in [0.1, 0.15) is 12.2 Å². The number of nitrogens with zero attached hydrogens (tertiary/aromatic N) is 2. The minimum atomic E-state index is -0.133. The number of hydrogen-bond acceptors (Lipinski definition) is 2. The molecular weight excluding hydrogens is 523 g/mol. The van der Waals surface area contributed by atoms with Crippen LogP contribution in [0.5, 0.6) is 0 Å². The summed E-state index contributed by atoms with van der Waals surface area (Å²) in [5.41, 5.74) is 6.04. The Balaban J connectivity index is 1.45. The van der Waals surface area contributed by atoms with E-state index < -0.39 is 0 Å². The molecule has 1 fully saturated rings. The van der Waals surface area contributed by atoms with Crippen molar-refractivity contribution in [2.45, 2.75) is 37.5 Å². The number of halogens is 1. The highest BCUT2D eigenvalue weighted by atomic mass is 127. The van der Waals surface area contributed by atoms with Gasteiger partial charge in [0.05, 0.1) is 22.9 Å². The molecule has 0 aromatic heterocycles. The first kappa shape index (κ1) is 22.1. The monoisotopic (exact) mass is 550 g/mol. The van der Waals surface area contributed by atoms with Gasteiger partial charge in [-0.3, -0.25) is 4.79 Å². The van der Waals surface area contributed by atoms with Gasteiger partial charge in [-0.25, -0.2) is 8.20 Å². The summed E-state index contributed by atoms with van der Waals surface area (Å²) >= 11 is 1.92. The minimum Gasteiger partial charge on any atom is -0.355 e. The standard InChI is InChI=1S/C27H27IN4O/c28-32-18-31-25-21(11-12-29-25)13-19-5-3-10-24(14-19)27(17-30-26(33)20-8-4-9-20)15-22-6-1-2-7-23(22)16-27/h1-3,5-7,10-14,18,20H,4,8-9,15-17H2,(H,30,33)(H,29,31,32)/b21-13+. The molecule has 2 N–H and O–H groups in total. The van der Waals surface area contributed by atoms with Crippen molar-refractivity contribution in [2.24, 2.45) is 14.1 Å². The topological polar surface area (TPSA) is 65.8 Å². The third-order valence-electron chi connectivity index (χ3n) is 7.06. The van der Waals surface area contributed by atoms with Gasteiger partial charge < -0.3 is 10.6 Å². The fraction of sp³-hybridized carbons (Fsp3) is 0.296. The number of amides is 1. The Labute approximate surface area is 208 Å². The predicted octanol–water partition coefficient (Wildman–Crippen LogP) is 4.92. The van der Waals surface area contributed by atoms with Crippen molar-refractivity contribution in [3.63, 3.8) is 0 Å². The highest BCUT2D eigenvalue weighted by molar-refractivity contribution is 14.1. The third kappa shape index (κ3) is 4.67. The summed E-state index contributed by atoms with van der Waals surface area (Å²) in [4.78, 5) is 17.1. The van der Waals surface area contributed by atoms with E-state index >= 15 is 0 Å². The fourth-order valence-electron chi connectivity index (χ4n) is 5.01. The number of aliphatic imine (C=N–C) groups is 1. The highest BCUT2D eigenvalue weighted by Crippen LogP contribution is 2.40. The zero-order chi connectivity index (χ0) is 22.7. The Kier molecular flexibility index (Phi) is 6.44. The first-order valence-corrected chi connectivity index (χ1v) is 12.4. The second-order valence-corrected chi connectivity index (χ2v) is 9.70. The van der Waals surface area contributed by atoms with Crippen molar-refractivity contribution in [3.8, 4) is 0 Å². The molecule has 1 saturated carbocycles. The van der Waals surface area contributed by atoms with Gasteiger partial charge in [0.2, 0.25) is 5.91 Å². The van der Waals surface area contributed by atoms with Gasteiger partial charge in [0.25, 0.3) is 0 Å². The van der Waals surface area contributed by atoms with Crippen LogP contribution < -0.4 is 10.6 Å². The molecule has 0 spiro atoms. The van der Waals surface area contributed by atoms with Crippen molar-refractivity contribution < 1.29 is 4.79 Å². The van der Waals surface area contributed by atoms with Crippen LogP contribution in [0.3, 0.4) is 0 Å². The molecular formula is C27H27IN4O. The molecule has 0 bridgehead atoms. The summed E-state index contributed by atoms with van der Waals surface area (Å²) in [6.45, 7) is 0.664. The van der Waals surface area contributed by atoms with Crippen LogP contribution in [0.15, 0.2) is 74.6 Å². The van der Waals surface area contributed by atoms with Crippen molar-refractivity contribution in [1.82, 2.24) is 10.6 Å². The molecule has 168 valence electrons. The van der Waals surface area contributed by atoms with Gasteiger partial charge >= 0.3 is 0 Å². The number of fused-ring (bicyclic) bond motifs is 1. The summed E-state index contributed by atoms with van der Waals surface area (Å²) < 4.78 is 3.92. The van der Waals surface area contributed by atoms with E-state index in [2.05, 4.69) is 73.4 Å². The molecule has 33 heavy (non-hydrogen) atoms. The maximum atomic E-state index is 12.7. The van der Waals surface area contributed by atoms with Gasteiger partial charge in [0.15, 0.2) is 0 Å². The summed E-state index contributed by atoms with van der Waals surface area (Å²) in [5.74, 6) is 1.21. The molecule has 0 unspecified atom stereocenters. The number of nitrogens with one attached hydrogen (secondary N) is 2. The number of amidine groups is 1. The van der Waals surface area contributed by atoms with Gasteiger partial charge in [-0.2, -0.15) is 0 Å². The van der Waals surface area contributed by atoms with Crippen LogP contribution in [0.2, 0.25) is 0 Å². The van der Waals surface area contributed by atoms with Crippen LogP contribution in [0.1, 0.15) is 41.5 Å². The molecule has 6 heteroatoms. The van der Waals surface area contributed by atoms with E-state index in [9.17, 15) is 4.79 Å². The lowest BCUT2D eigenvalue weighted by atomic mass is 9.76. The minimum absolute atomic E-state index is 0.133. The van der Waals surface area contributed by atoms with E-state index in [0.29, 0.717) is 6.54 Å². The first-order valence-electron chi connectivity index (χ1n) is 11.5. The molecule has 0 radical (unpaired) electrons. The van der Waals surface area contributed by atoms with E-state index in [1.807, 2.05) is 35.1 Å². The largest absolute Gasteiger partial charge is 0.355 e. The quantitative estimate of drug-likeness (QED) is 0.305. The number of carbonyl (C=O) groups is 1. The number of benzene rings is 2. The van der Waals surface area contributed by atoms with E-state index in [1.165, 1.54) is 29.4 Å². The Bertz CT molecular complexity index is 1150. The Morgan fingerprint density at radius 1 is 1.15 bits per heavy atom. The van der Waals surface area contributed by atoms with Gasteiger partial charge in [-0.1, -0.05) is 55.0 Å². The maximum Gasteiger partial charge on any atom is 0.223 e. The summed E-state index contributed by atoms with van der Waals surface area (Å²) in [6, 6.07) is 17.4. The molecule has 3 aliphatic rings. The second kappa shape index (κ2) is 9.63. The molecule has 0 atom stereocenters. The molecule has 1 aliphatic heterocycles. The molecule has 1 heterocycles. The van der Waals surface area contributed by atoms with Crippen molar-refractivity contribution in [2.75, 3.05) is 6.54 Å². The Morgan fingerprint density at radius 2 is 1.94 bits per heavy atom. The van der Waals surface area contributed by atoms with Gasteiger partial charge in [-0.15, -0.1) is 0 Å². The summed E-state index contributed by atoms with van der Waals surface area (Å²) in [7, 11) is 0. The lowest BCUT2D eigenvalue weighted by Gasteiger charge is -2.32. The molecule has 1 amide bonds. The average molecular weight is 550 g/mol. The van der Waals surface area contributed by atoms with Gasteiger partial charge in [0, 0.05) is 29.7 Å². The lowest BCUT2D eigenvalue weighted by molar-refractivity contribution is -0.127. The van der Waals surface area contributed by atoms with Crippen LogP contribution in [-0.4, -0.2) is 24.6 Å². The Hall–Kier alpha value is -2.74. The number of rotatable bonds is 6.